The second kappa shape index (κ2) is 5.93. The van der Waals surface area contributed by atoms with Crippen molar-refractivity contribution in [2.75, 3.05) is 7.11 Å². The molecule has 5 heteroatoms. The molecule has 1 aromatic heterocycles. The summed E-state index contributed by atoms with van der Waals surface area (Å²) < 4.78 is 12.1. The van der Waals surface area contributed by atoms with Crippen LogP contribution in [0.15, 0.2) is 42.5 Å². The summed E-state index contributed by atoms with van der Waals surface area (Å²) in [4.78, 5) is 15.4. The molecule has 106 valence electrons. The summed E-state index contributed by atoms with van der Waals surface area (Å²) in [5.74, 6) is 1.14. The Kier molecular flexibility index (Phi) is 3.83. The van der Waals surface area contributed by atoms with Gasteiger partial charge in [0.25, 0.3) is 0 Å². The first-order valence-corrected chi connectivity index (χ1v) is 7.22. The van der Waals surface area contributed by atoms with Gasteiger partial charge < -0.3 is 9.47 Å². The number of para-hydroxylation sites is 1. The van der Waals surface area contributed by atoms with Gasteiger partial charge in [-0.3, -0.25) is 4.79 Å². The lowest BCUT2D eigenvalue weighted by Crippen LogP contribution is -1.98. The molecule has 21 heavy (non-hydrogen) atoms. The summed E-state index contributed by atoms with van der Waals surface area (Å²) in [7, 11) is 1.57. The fourth-order valence-electron chi connectivity index (χ4n) is 2.00. The number of benzene rings is 2. The first-order valence-electron chi connectivity index (χ1n) is 6.40. The largest absolute Gasteiger partial charge is 0.493 e. The number of rotatable bonds is 5. The Labute approximate surface area is 126 Å². The second-order valence-corrected chi connectivity index (χ2v) is 5.51. The van der Waals surface area contributed by atoms with E-state index in [0.29, 0.717) is 23.7 Å². The van der Waals surface area contributed by atoms with Gasteiger partial charge in [0.05, 0.1) is 17.3 Å². The number of aromatic nitrogens is 1. The van der Waals surface area contributed by atoms with Gasteiger partial charge in [-0.25, -0.2) is 4.98 Å². The number of ether oxygens (including phenoxy) is 2. The maximum atomic E-state index is 10.8. The Bertz CT molecular complexity index is 749. The number of carbonyl (C=O) groups is 1. The molecule has 2 aromatic carbocycles. The van der Waals surface area contributed by atoms with E-state index in [9.17, 15) is 4.79 Å². The number of fused-ring (bicyclic) bond motifs is 1. The molecule has 0 saturated heterocycles. The average molecular weight is 299 g/mol. The van der Waals surface area contributed by atoms with Gasteiger partial charge >= 0.3 is 0 Å². The summed E-state index contributed by atoms with van der Waals surface area (Å²) >= 11 is 1.59. The van der Waals surface area contributed by atoms with Crippen molar-refractivity contribution in [1.29, 1.82) is 0 Å². The number of thiazole rings is 1. The Morgan fingerprint density at radius 2 is 2.05 bits per heavy atom. The normalized spacial score (nSPS) is 10.5. The molecule has 0 saturated carbocycles. The molecule has 0 bridgehead atoms. The van der Waals surface area contributed by atoms with Crippen molar-refractivity contribution in [3.8, 4) is 11.5 Å². The minimum Gasteiger partial charge on any atom is -0.493 e. The standard InChI is InChI=1S/C16H13NO3S/c1-19-13-7-6-11(9-18)8-14(13)20-10-16-17-12-4-2-3-5-15(12)21-16/h2-9H,10H2,1H3. The highest BCUT2D eigenvalue weighted by Gasteiger charge is 2.08. The van der Waals surface area contributed by atoms with E-state index in [-0.39, 0.29) is 0 Å². The molecule has 4 nitrogen and oxygen atoms in total. The van der Waals surface area contributed by atoms with Crippen molar-refractivity contribution in [1.82, 2.24) is 4.98 Å². The van der Waals surface area contributed by atoms with Gasteiger partial charge in [0, 0.05) is 5.56 Å². The third-order valence-electron chi connectivity index (χ3n) is 3.01. The summed E-state index contributed by atoms with van der Waals surface area (Å²) in [5, 5.41) is 0.884. The van der Waals surface area contributed by atoms with Gasteiger partial charge in [0.15, 0.2) is 11.5 Å². The van der Waals surface area contributed by atoms with Gasteiger partial charge in [-0.05, 0) is 30.3 Å². The molecule has 0 atom stereocenters. The highest BCUT2D eigenvalue weighted by molar-refractivity contribution is 7.18. The van der Waals surface area contributed by atoms with E-state index in [4.69, 9.17) is 9.47 Å². The summed E-state index contributed by atoms with van der Waals surface area (Å²) in [6.45, 7) is 0.345. The highest BCUT2D eigenvalue weighted by atomic mass is 32.1. The van der Waals surface area contributed by atoms with Crippen LogP contribution in [0.1, 0.15) is 15.4 Å². The maximum absolute atomic E-state index is 10.8. The number of hydrogen-bond donors (Lipinski definition) is 0. The zero-order chi connectivity index (χ0) is 14.7. The van der Waals surface area contributed by atoms with Crippen molar-refractivity contribution in [2.45, 2.75) is 6.61 Å². The predicted molar refractivity (Wildman–Crippen MR) is 82.3 cm³/mol. The lowest BCUT2D eigenvalue weighted by molar-refractivity contribution is 0.112. The zero-order valence-electron chi connectivity index (χ0n) is 11.4. The Balaban J connectivity index is 1.82. The first kappa shape index (κ1) is 13.6. The van der Waals surface area contributed by atoms with Crippen LogP contribution in [0.5, 0.6) is 11.5 Å². The quantitative estimate of drug-likeness (QED) is 0.674. The molecule has 0 aliphatic heterocycles. The van der Waals surface area contributed by atoms with Crippen LogP contribution in [-0.2, 0) is 6.61 Å². The fourth-order valence-corrected chi connectivity index (χ4v) is 2.88. The lowest BCUT2D eigenvalue weighted by atomic mass is 10.2. The molecule has 0 radical (unpaired) electrons. The van der Waals surface area contributed by atoms with E-state index in [0.717, 1.165) is 21.5 Å². The molecule has 0 unspecified atom stereocenters. The van der Waals surface area contributed by atoms with E-state index in [1.54, 1.807) is 36.6 Å². The SMILES string of the molecule is COc1ccc(C=O)cc1OCc1nc2ccccc2s1. The number of aldehydes is 1. The van der Waals surface area contributed by atoms with E-state index in [2.05, 4.69) is 4.98 Å². The zero-order valence-corrected chi connectivity index (χ0v) is 12.2. The Morgan fingerprint density at radius 3 is 2.81 bits per heavy atom. The minimum atomic E-state index is 0.345. The van der Waals surface area contributed by atoms with E-state index in [1.807, 2.05) is 24.3 Å². The van der Waals surface area contributed by atoms with E-state index < -0.39 is 0 Å². The van der Waals surface area contributed by atoms with Gasteiger partial charge in [0.1, 0.15) is 17.9 Å². The van der Waals surface area contributed by atoms with Crippen LogP contribution >= 0.6 is 11.3 Å². The smallest absolute Gasteiger partial charge is 0.162 e. The van der Waals surface area contributed by atoms with Crippen molar-refractivity contribution in [3.63, 3.8) is 0 Å². The third kappa shape index (κ3) is 2.87. The highest BCUT2D eigenvalue weighted by Crippen LogP contribution is 2.29. The summed E-state index contributed by atoms with van der Waals surface area (Å²) in [5.41, 5.74) is 1.52. The number of carbonyl (C=O) groups excluding carboxylic acids is 1. The maximum Gasteiger partial charge on any atom is 0.162 e. The second-order valence-electron chi connectivity index (χ2n) is 4.39. The van der Waals surface area contributed by atoms with Gasteiger partial charge in [-0.1, -0.05) is 12.1 Å². The fraction of sp³-hybridized carbons (Fsp3) is 0.125. The summed E-state index contributed by atoms with van der Waals surface area (Å²) in [6, 6.07) is 13.0. The molecule has 0 N–H and O–H groups in total. The molecule has 3 aromatic rings. The van der Waals surface area contributed by atoms with Crippen LogP contribution in [-0.4, -0.2) is 18.4 Å². The molecular formula is C16H13NO3S. The molecule has 0 amide bonds. The van der Waals surface area contributed by atoms with Crippen molar-refractivity contribution in [2.24, 2.45) is 0 Å². The topological polar surface area (TPSA) is 48.4 Å². The lowest BCUT2D eigenvalue weighted by Gasteiger charge is -2.09. The Morgan fingerprint density at radius 1 is 1.19 bits per heavy atom. The minimum absolute atomic E-state index is 0.345. The van der Waals surface area contributed by atoms with Crippen molar-refractivity contribution in [3.05, 3.63) is 53.0 Å². The number of methoxy groups -OCH3 is 1. The van der Waals surface area contributed by atoms with Crippen LogP contribution in [0.25, 0.3) is 10.2 Å². The van der Waals surface area contributed by atoms with Crippen molar-refractivity contribution < 1.29 is 14.3 Å². The molecular weight excluding hydrogens is 286 g/mol. The van der Waals surface area contributed by atoms with Crippen LogP contribution < -0.4 is 9.47 Å². The Hall–Kier alpha value is -2.40. The van der Waals surface area contributed by atoms with Crippen LogP contribution in [0.4, 0.5) is 0 Å². The van der Waals surface area contributed by atoms with E-state index in [1.165, 1.54) is 0 Å². The van der Waals surface area contributed by atoms with E-state index >= 15 is 0 Å². The molecule has 0 aliphatic rings. The monoisotopic (exact) mass is 299 g/mol. The van der Waals surface area contributed by atoms with Crippen molar-refractivity contribution >= 4 is 27.8 Å². The van der Waals surface area contributed by atoms with Crippen LogP contribution in [0.2, 0.25) is 0 Å². The predicted octanol–water partition coefficient (Wildman–Crippen LogP) is 3.70. The summed E-state index contributed by atoms with van der Waals surface area (Å²) in [6.07, 6.45) is 0.782. The molecule has 0 spiro atoms. The third-order valence-corrected chi connectivity index (χ3v) is 4.02. The van der Waals surface area contributed by atoms with Crippen LogP contribution in [0, 0.1) is 0 Å². The average Bonchev–Trinajstić information content (AvgIpc) is 2.95. The number of hydrogen-bond acceptors (Lipinski definition) is 5. The molecule has 3 rings (SSSR count). The first-order chi connectivity index (χ1) is 10.3. The molecule has 0 aliphatic carbocycles. The van der Waals surface area contributed by atoms with Gasteiger partial charge in [-0.15, -0.1) is 11.3 Å². The number of nitrogens with zero attached hydrogens (tertiary/aromatic N) is 1. The van der Waals surface area contributed by atoms with Gasteiger partial charge in [0.2, 0.25) is 0 Å². The molecule has 1 heterocycles. The van der Waals surface area contributed by atoms with Gasteiger partial charge in [-0.2, -0.15) is 0 Å². The van der Waals surface area contributed by atoms with Crippen LogP contribution in [0.3, 0.4) is 0 Å². The molecule has 0 fully saturated rings.